The number of thiazole rings is 1. The Morgan fingerprint density at radius 2 is 2.21 bits per heavy atom. The molecular formula is C18H23N3O2S. The van der Waals surface area contributed by atoms with E-state index >= 15 is 0 Å². The lowest BCUT2D eigenvalue weighted by Crippen LogP contribution is -2.42. The van der Waals surface area contributed by atoms with E-state index in [1.165, 1.54) is 5.56 Å². The first-order valence-corrected chi connectivity index (χ1v) is 9.24. The zero-order valence-corrected chi connectivity index (χ0v) is 14.9. The van der Waals surface area contributed by atoms with E-state index in [2.05, 4.69) is 41.9 Å². The zero-order valence-electron chi connectivity index (χ0n) is 14.1. The molecule has 1 N–H and O–H groups in total. The molecule has 0 bridgehead atoms. The molecule has 2 heterocycles. The second kappa shape index (κ2) is 7.66. The molecule has 5 nitrogen and oxygen atoms in total. The summed E-state index contributed by atoms with van der Waals surface area (Å²) >= 11 is 1.63. The van der Waals surface area contributed by atoms with Gasteiger partial charge in [0.05, 0.1) is 12.3 Å². The van der Waals surface area contributed by atoms with Gasteiger partial charge in [0.2, 0.25) is 0 Å². The molecule has 1 aromatic carbocycles. The van der Waals surface area contributed by atoms with Crippen LogP contribution in [0.1, 0.15) is 25.3 Å². The van der Waals surface area contributed by atoms with Gasteiger partial charge in [-0.1, -0.05) is 23.8 Å². The summed E-state index contributed by atoms with van der Waals surface area (Å²) in [5.41, 5.74) is 3.40. The number of rotatable bonds is 4. The van der Waals surface area contributed by atoms with E-state index in [0.29, 0.717) is 12.6 Å². The Morgan fingerprint density at radius 3 is 2.92 bits per heavy atom. The molecule has 0 aliphatic carbocycles. The van der Waals surface area contributed by atoms with Crippen molar-refractivity contribution in [2.24, 2.45) is 0 Å². The molecule has 2 aromatic rings. The van der Waals surface area contributed by atoms with Crippen molar-refractivity contribution < 1.29 is 9.53 Å². The standard InChI is InChI=1S/C18H23N3O2S/c1-3-23-18(22)21-9-7-15(8-10-21)19-17-20-16(12-24-17)14-6-4-5-13(2)11-14/h4-6,11-12,15H,3,7-10H2,1-2H3,(H,19,20). The number of anilines is 1. The fourth-order valence-electron chi connectivity index (χ4n) is 2.87. The summed E-state index contributed by atoms with van der Waals surface area (Å²) in [6, 6.07) is 8.74. The van der Waals surface area contributed by atoms with Gasteiger partial charge in [-0.3, -0.25) is 0 Å². The predicted molar refractivity (Wildman–Crippen MR) is 97.5 cm³/mol. The second-order valence-corrected chi connectivity index (χ2v) is 6.87. The van der Waals surface area contributed by atoms with Gasteiger partial charge in [-0.15, -0.1) is 11.3 Å². The van der Waals surface area contributed by atoms with Crippen LogP contribution in [0.25, 0.3) is 11.3 Å². The van der Waals surface area contributed by atoms with E-state index < -0.39 is 0 Å². The van der Waals surface area contributed by atoms with E-state index in [1.807, 2.05) is 6.92 Å². The summed E-state index contributed by atoms with van der Waals surface area (Å²) in [7, 11) is 0. The number of likely N-dealkylation sites (tertiary alicyclic amines) is 1. The van der Waals surface area contributed by atoms with Crippen molar-refractivity contribution in [1.29, 1.82) is 0 Å². The lowest BCUT2D eigenvalue weighted by Gasteiger charge is -2.31. The highest BCUT2D eigenvalue weighted by Gasteiger charge is 2.24. The van der Waals surface area contributed by atoms with E-state index in [0.717, 1.165) is 42.3 Å². The smallest absolute Gasteiger partial charge is 0.409 e. The van der Waals surface area contributed by atoms with Crippen LogP contribution in [-0.2, 0) is 4.74 Å². The van der Waals surface area contributed by atoms with E-state index in [1.54, 1.807) is 16.2 Å². The van der Waals surface area contributed by atoms with Crippen LogP contribution in [0, 0.1) is 6.92 Å². The lowest BCUT2D eigenvalue weighted by molar-refractivity contribution is 0.0983. The molecule has 0 unspecified atom stereocenters. The Labute approximate surface area is 146 Å². The highest BCUT2D eigenvalue weighted by molar-refractivity contribution is 7.14. The molecule has 6 heteroatoms. The summed E-state index contributed by atoms with van der Waals surface area (Å²) in [6.45, 7) is 5.81. The number of carbonyl (C=O) groups excluding carboxylic acids is 1. The summed E-state index contributed by atoms with van der Waals surface area (Å²) in [4.78, 5) is 18.2. The van der Waals surface area contributed by atoms with Crippen LogP contribution in [-0.4, -0.2) is 41.7 Å². The maximum absolute atomic E-state index is 11.7. The van der Waals surface area contributed by atoms with Gasteiger partial charge in [0.15, 0.2) is 5.13 Å². The van der Waals surface area contributed by atoms with Crippen molar-refractivity contribution >= 4 is 22.6 Å². The quantitative estimate of drug-likeness (QED) is 0.904. The van der Waals surface area contributed by atoms with E-state index in [9.17, 15) is 4.79 Å². The summed E-state index contributed by atoms with van der Waals surface area (Å²) in [6.07, 6.45) is 1.63. The Hall–Kier alpha value is -2.08. The van der Waals surface area contributed by atoms with Gasteiger partial charge < -0.3 is 15.0 Å². The number of amides is 1. The molecule has 128 valence electrons. The molecule has 1 aliphatic rings. The molecule has 1 aliphatic heterocycles. The Bertz CT molecular complexity index is 693. The van der Waals surface area contributed by atoms with Gasteiger partial charge in [-0.2, -0.15) is 0 Å². The molecule has 0 radical (unpaired) electrons. The maximum Gasteiger partial charge on any atom is 0.409 e. The number of nitrogens with zero attached hydrogens (tertiary/aromatic N) is 2. The van der Waals surface area contributed by atoms with Crippen LogP contribution < -0.4 is 5.32 Å². The molecule has 1 aromatic heterocycles. The zero-order chi connectivity index (χ0) is 16.9. The average molecular weight is 345 g/mol. The van der Waals surface area contributed by atoms with Gasteiger partial charge >= 0.3 is 6.09 Å². The molecule has 1 amide bonds. The van der Waals surface area contributed by atoms with E-state index in [-0.39, 0.29) is 6.09 Å². The van der Waals surface area contributed by atoms with Gasteiger partial charge in [0.1, 0.15) is 0 Å². The first-order chi connectivity index (χ1) is 11.7. The Morgan fingerprint density at radius 1 is 1.42 bits per heavy atom. The molecule has 1 fully saturated rings. The number of benzene rings is 1. The fourth-order valence-corrected chi connectivity index (χ4v) is 3.67. The van der Waals surface area contributed by atoms with Crippen molar-refractivity contribution in [2.75, 3.05) is 25.0 Å². The molecular weight excluding hydrogens is 322 g/mol. The third kappa shape index (κ3) is 4.06. The van der Waals surface area contributed by atoms with Gasteiger partial charge in [-0.05, 0) is 32.8 Å². The SMILES string of the molecule is CCOC(=O)N1CCC(Nc2nc(-c3cccc(C)c3)cs2)CC1. The maximum atomic E-state index is 11.7. The van der Waals surface area contributed by atoms with Crippen LogP contribution in [0.4, 0.5) is 9.93 Å². The molecule has 3 rings (SSSR count). The number of hydrogen-bond donors (Lipinski definition) is 1. The highest BCUT2D eigenvalue weighted by Crippen LogP contribution is 2.27. The van der Waals surface area contributed by atoms with Gasteiger partial charge in [0, 0.05) is 30.1 Å². The largest absolute Gasteiger partial charge is 0.450 e. The average Bonchev–Trinajstić information content (AvgIpc) is 3.04. The topological polar surface area (TPSA) is 54.5 Å². The monoisotopic (exact) mass is 345 g/mol. The number of aryl methyl sites for hydroxylation is 1. The third-order valence-corrected chi connectivity index (χ3v) is 4.94. The predicted octanol–water partition coefficient (Wildman–Crippen LogP) is 4.15. The normalized spacial score (nSPS) is 15.3. The molecule has 0 spiro atoms. The number of hydrogen-bond acceptors (Lipinski definition) is 5. The van der Waals surface area contributed by atoms with E-state index in [4.69, 9.17) is 9.72 Å². The van der Waals surface area contributed by atoms with Crippen molar-refractivity contribution in [3.8, 4) is 11.3 Å². The van der Waals surface area contributed by atoms with Crippen LogP contribution in [0.15, 0.2) is 29.6 Å². The lowest BCUT2D eigenvalue weighted by atomic mass is 10.1. The minimum atomic E-state index is -0.202. The number of piperidine rings is 1. The number of nitrogens with one attached hydrogen (secondary N) is 1. The summed E-state index contributed by atoms with van der Waals surface area (Å²) in [5, 5.41) is 6.54. The second-order valence-electron chi connectivity index (χ2n) is 6.01. The first-order valence-electron chi connectivity index (χ1n) is 8.36. The first kappa shape index (κ1) is 16.8. The Balaban J connectivity index is 1.56. The third-order valence-electron chi connectivity index (χ3n) is 4.17. The molecule has 1 saturated heterocycles. The summed E-state index contributed by atoms with van der Waals surface area (Å²) in [5.74, 6) is 0. The van der Waals surface area contributed by atoms with Crippen LogP contribution in [0.2, 0.25) is 0 Å². The fraction of sp³-hybridized carbons (Fsp3) is 0.444. The summed E-state index contributed by atoms with van der Waals surface area (Å²) < 4.78 is 5.05. The van der Waals surface area contributed by atoms with Crippen molar-refractivity contribution in [2.45, 2.75) is 32.7 Å². The van der Waals surface area contributed by atoms with Gasteiger partial charge in [-0.25, -0.2) is 9.78 Å². The number of ether oxygens (including phenoxy) is 1. The molecule has 0 saturated carbocycles. The number of aromatic nitrogens is 1. The van der Waals surface area contributed by atoms with Crippen molar-refractivity contribution in [3.05, 3.63) is 35.2 Å². The van der Waals surface area contributed by atoms with Crippen molar-refractivity contribution in [1.82, 2.24) is 9.88 Å². The van der Waals surface area contributed by atoms with Crippen LogP contribution >= 0.6 is 11.3 Å². The van der Waals surface area contributed by atoms with Crippen molar-refractivity contribution in [3.63, 3.8) is 0 Å². The Kier molecular flexibility index (Phi) is 5.35. The minimum Gasteiger partial charge on any atom is -0.450 e. The number of carbonyl (C=O) groups is 1. The van der Waals surface area contributed by atoms with Crippen LogP contribution in [0.3, 0.4) is 0 Å². The minimum absolute atomic E-state index is 0.202. The van der Waals surface area contributed by atoms with Gasteiger partial charge in [0.25, 0.3) is 0 Å². The molecule has 0 atom stereocenters. The highest BCUT2D eigenvalue weighted by atomic mass is 32.1. The van der Waals surface area contributed by atoms with Crippen LogP contribution in [0.5, 0.6) is 0 Å². The molecule has 24 heavy (non-hydrogen) atoms.